The molecule has 0 bridgehead atoms. The predicted octanol–water partition coefficient (Wildman–Crippen LogP) is 3.02. The van der Waals surface area contributed by atoms with Crippen LogP contribution in [0, 0.1) is 17.8 Å². The molecular formula is C26H45N5O2. The number of carbonyl (C=O) groups excluding carboxylic acids is 2. The molecule has 33 heavy (non-hydrogen) atoms. The molecule has 0 saturated carbocycles. The van der Waals surface area contributed by atoms with Gasteiger partial charge in [0.2, 0.25) is 11.8 Å². The highest BCUT2D eigenvalue weighted by molar-refractivity contribution is 5.90. The monoisotopic (exact) mass is 459 g/mol. The molecule has 2 atom stereocenters. The number of piperazine rings is 1. The van der Waals surface area contributed by atoms with Gasteiger partial charge in [-0.25, -0.2) is 4.98 Å². The van der Waals surface area contributed by atoms with E-state index in [1.807, 2.05) is 16.0 Å². The van der Waals surface area contributed by atoms with Crippen molar-refractivity contribution in [3.8, 4) is 0 Å². The summed E-state index contributed by atoms with van der Waals surface area (Å²) in [6.45, 7) is 13.7. The van der Waals surface area contributed by atoms with Gasteiger partial charge in [-0.15, -0.1) is 0 Å². The Morgan fingerprint density at radius 3 is 2.42 bits per heavy atom. The number of imidazole rings is 1. The number of carbonyl (C=O) groups is 2. The minimum absolute atomic E-state index is 0.102. The van der Waals surface area contributed by atoms with Gasteiger partial charge in [-0.2, -0.15) is 0 Å². The Balaban J connectivity index is 1.63. The molecule has 2 amide bonds. The lowest BCUT2D eigenvalue weighted by molar-refractivity contribution is -0.150. The maximum atomic E-state index is 13.7. The molecule has 0 spiro atoms. The molecule has 3 heterocycles. The fourth-order valence-electron chi connectivity index (χ4n) is 5.36. The van der Waals surface area contributed by atoms with Crippen LogP contribution in [0.2, 0.25) is 0 Å². The molecule has 1 aromatic rings. The van der Waals surface area contributed by atoms with Gasteiger partial charge in [-0.1, -0.05) is 34.6 Å². The molecule has 3 rings (SSSR count). The quantitative estimate of drug-likeness (QED) is 0.616. The maximum Gasteiger partial charge on any atom is 0.245 e. The third-order valence-electron chi connectivity index (χ3n) is 7.33. The first-order valence-electron chi connectivity index (χ1n) is 13.0. The molecule has 0 radical (unpaired) electrons. The smallest absolute Gasteiger partial charge is 0.245 e. The van der Waals surface area contributed by atoms with Crippen LogP contribution in [0.1, 0.15) is 71.8 Å². The molecule has 2 saturated heterocycles. The minimum atomic E-state index is -0.340. The van der Waals surface area contributed by atoms with E-state index in [0.717, 1.165) is 64.0 Å². The average molecular weight is 460 g/mol. The Hall–Kier alpha value is -1.89. The second-order valence-corrected chi connectivity index (χ2v) is 10.9. The van der Waals surface area contributed by atoms with Crippen molar-refractivity contribution < 1.29 is 9.59 Å². The van der Waals surface area contributed by atoms with E-state index in [1.165, 1.54) is 5.69 Å². The Morgan fingerprint density at radius 1 is 1.15 bits per heavy atom. The van der Waals surface area contributed by atoms with Crippen molar-refractivity contribution in [3.05, 3.63) is 17.7 Å². The highest BCUT2D eigenvalue weighted by Gasteiger charge is 2.39. The lowest BCUT2D eigenvalue weighted by Crippen LogP contribution is -2.62. The summed E-state index contributed by atoms with van der Waals surface area (Å²) in [5.74, 6) is 2.75. The van der Waals surface area contributed by atoms with Crippen LogP contribution in [0.3, 0.4) is 0 Å². The van der Waals surface area contributed by atoms with Crippen molar-refractivity contribution in [3.63, 3.8) is 0 Å². The van der Waals surface area contributed by atoms with Crippen LogP contribution in [0.15, 0.2) is 6.20 Å². The maximum absolute atomic E-state index is 13.7. The highest BCUT2D eigenvalue weighted by atomic mass is 16.2. The van der Waals surface area contributed by atoms with Gasteiger partial charge in [0.1, 0.15) is 11.9 Å². The van der Waals surface area contributed by atoms with E-state index in [2.05, 4.69) is 56.5 Å². The van der Waals surface area contributed by atoms with Crippen molar-refractivity contribution in [2.24, 2.45) is 24.8 Å². The number of hydrogen-bond acceptors (Lipinski definition) is 4. The van der Waals surface area contributed by atoms with Gasteiger partial charge in [-0.3, -0.25) is 9.59 Å². The molecule has 7 heteroatoms. The van der Waals surface area contributed by atoms with E-state index in [1.54, 1.807) is 0 Å². The number of nitrogens with one attached hydrogen (secondary N) is 1. The first-order chi connectivity index (χ1) is 15.7. The molecule has 1 N–H and O–H groups in total. The lowest BCUT2D eigenvalue weighted by Gasteiger charge is -2.42. The van der Waals surface area contributed by atoms with E-state index in [4.69, 9.17) is 0 Å². The van der Waals surface area contributed by atoms with Crippen LogP contribution in [0.5, 0.6) is 0 Å². The molecule has 0 aromatic carbocycles. The van der Waals surface area contributed by atoms with Crippen LogP contribution in [-0.2, 0) is 29.5 Å². The van der Waals surface area contributed by atoms with Crippen LogP contribution >= 0.6 is 0 Å². The third-order valence-corrected chi connectivity index (χ3v) is 7.33. The number of hydrogen-bond donors (Lipinski definition) is 1. The van der Waals surface area contributed by atoms with Crippen molar-refractivity contribution in [2.45, 2.75) is 85.2 Å². The average Bonchev–Trinajstić information content (AvgIpc) is 3.12. The zero-order chi connectivity index (χ0) is 24.1. The first-order valence-corrected chi connectivity index (χ1v) is 13.0. The zero-order valence-electron chi connectivity index (χ0n) is 21.6. The number of nitrogens with zero attached hydrogens (tertiary/aromatic N) is 4. The standard InChI is InChI=1S/C26H45N5O2/c1-7-21-17-28-24(29(21)6)16-20-8-11-30(12-9-20)26(33)23(15-19(4)5)31-13-10-27-22(25(31)32)14-18(2)3/h17-20,22-23,27H,7-16H2,1-6H3/t22-,23?/m0/s1. The summed E-state index contributed by atoms with van der Waals surface area (Å²) in [4.78, 5) is 35.5. The van der Waals surface area contributed by atoms with Gasteiger partial charge in [0, 0.05) is 51.5 Å². The number of likely N-dealkylation sites (tertiary alicyclic amines) is 1. The lowest BCUT2D eigenvalue weighted by atomic mass is 9.91. The molecule has 1 aromatic heterocycles. The summed E-state index contributed by atoms with van der Waals surface area (Å²) in [5, 5.41) is 3.37. The molecular weight excluding hydrogens is 414 g/mol. The largest absolute Gasteiger partial charge is 0.341 e. The number of aryl methyl sites for hydroxylation is 1. The molecule has 0 aliphatic carbocycles. The van der Waals surface area contributed by atoms with Crippen molar-refractivity contribution >= 4 is 11.8 Å². The predicted molar refractivity (Wildman–Crippen MR) is 132 cm³/mol. The Bertz CT molecular complexity index is 795. The highest BCUT2D eigenvalue weighted by Crippen LogP contribution is 2.25. The van der Waals surface area contributed by atoms with Gasteiger partial charge in [0.05, 0.1) is 6.04 Å². The zero-order valence-corrected chi connectivity index (χ0v) is 21.6. The Kier molecular flexibility index (Phi) is 8.96. The van der Waals surface area contributed by atoms with Crippen molar-refractivity contribution in [1.82, 2.24) is 24.7 Å². The summed E-state index contributed by atoms with van der Waals surface area (Å²) in [5.41, 5.74) is 1.27. The van der Waals surface area contributed by atoms with Gasteiger partial charge < -0.3 is 19.7 Å². The summed E-state index contributed by atoms with van der Waals surface area (Å²) in [6.07, 6.45) is 7.50. The summed E-state index contributed by atoms with van der Waals surface area (Å²) in [6, 6.07) is -0.509. The van der Waals surface area contributed by atoms with Gasteiger partial charge in [-0.05, 0) is 49.9 Å². The van der Waals surface area contributed by atoms with Crippen molar-refractivity contribution in [1.29, 1.82) is 0 Å². The topological polar surface area (TPSA) is 70.5 Å². The normalized spacial score (nSPS) is 21.3. The number of aromatic nitrogens is 2. The molecule has 1 unspecified atom stereocenters. The Labute approximate surface area is 200 Å². The van der Waals surface area contributed by atoms with Gasteiger partial charge >= 0.3 is 0 Å². The van der Waals surface area contributed by atoms with Crippen LogP contribution in [0.4, 0.5) is 0 Å². The van der Waals surface area contributed by atoms with Gasteiger partial charge in [0.15, 0.2) is 0 Å². The summed E-state index contributed by atoms with van der Waals surface area (Å²) >= 11 is 0. The van der Waals surface area contributed by atoms with Crippen LogP contribution in [-0.4, -0.2) is 69.4 Å². The fourth-order valence-corrected chi connectivity index (χ4v) is 5.36. The van der Waals surface area contributed by atoms with E-state index in [-0.39, 0.29) is 23.9 Å². The van der Waals surface area contributed by atoms with Crippen LogP contribution in [0.25, 0.3) is 0 Å². The number of amides is 2. The van der Waals surface area contributed by atoms with Crippen molar-refractivity contribution in [2.75, 3.05) is 26.2 Å². The van der Waals surface area contributed by atoms with E-state index < -0.39 is 0 Å². The summed E-state index contributed by atoms with van der Waals surface area (Å²) in [7, 11) is 2.10. The second-order valence-electron chi connectivity index (χ2n) is 10.9. The Morgan fingerprint density at radius 2 is 1.85 bits per heavy atom. The van der Waals surface area contributed by atoms with E-state index in [9.17, 15) is 9.59 Å². The number of piperidine rings is 1. The van der Waals surface area contributed by atoms with E-state index >= 15 is 0 Å². The summed E-state index contributed by atoms with van der Waals surface area (Å²) < 4.78 is 2.22. The SMILES string of the molecule is CCc1cnc(CC2CCN(C(=O)C(CC(C)C)N3CCN[C@@H](CC(C)C)C3=O)CC2)n1C. The molecule has 2 aliphatic heterocycles. The second kappa shape index (κ2) is 11.5. The molecule has 2 aliphatic rings. The fraction of sp³-hybridized carbons (Fsp3) is 0.808. The van der Waals surface area contributed by atoms with E-state index in [0.29, 0.717) is 24.3 Å². The first kappa shape index (κ1) is 25.7. The van der Waals surface area contributed by atoms with Crippen LogP contribution < -0.4 is 5.32 Å². The van der Waals surface area contributed by atoms with Gasteiger partial charge in [0.25, 0.3) is 0 Å². The molecule has 2 fully saturated rings. The third kappa shape index (κ3) is 6.37. The molecule has 186 valence electrons. The minimum Gasteiger partial charge on any atom is -0.341 e. The number of rotatable bonds is 9. The molecule has 7 nitrogen and oxygen atoms in total.